The first-order valence-corrected chi connectivity index (χ1v) is 8.10. The minimum absolute atomic E-state index is 0.0208. The van der Waals surface area contributed by atoms with Crippen molar-refractivity contribution < 1.29 is 32.6 Å². The molecule has 1 atom stereocenters. The van der Waals surface area contributed by atoms with Crippen LogP contribution in [0.2, 0.25) is 0 Å². The lowest BCUT2D eigenvalue weighted by atomic mass is 10.1. The predicted molar refractivity (Wildman–Crippen MR) is 87.4 cm³/mol. The van der Waals surface area contributed by atoms with E-state index < -0.39 is 23.8 Å². The minimum atomic E-state index is -4.48. The standard InChI is InChI=1S/C18H15F3N2O4/c19-18(20,21)12-5-8-15(22-10-12)27-13-6-3-11(4-7-13)16(24)23-9-1-2-14(23)17(25)26/h3-8,10,14H,1-2,9H2,(H,25,26)/t14-/m0/s1. The molecule has 2 aromatic rings. The van der Waals surface area contributed by atoms with Gasteiger partial charge in [-0.1, -0.05) is 0 Å². The van der Waals surface area contributed by atoms with E-state index in [0.717, 1.165) is 12.1 Å². The first-order chi connectivity index (χ1) is 12.8. The van der Waals surface area contributed by atoms with Crippen LogP contribution in [0.1, 0.15) is 28.8 Å². The Labute approximate surface area is 152 Å². The van der Waals surface area contributed by atoms with Crippen molar-refractivity contribution in [3.05, 3.63) is 53.7 Å². The second-order valence-electron chi connectivity index (χ2n) is 6.00. The van der Waals surface area contributed by atoms with Crippen LogP contribution in [-0.4, -0.2) is 39.5 Å². The fourth-order valence-corrected chi connectivity index (χ4v) is 2.83. The third kappa shape index (κ3) is 4.18. The highest BCUT2D eigenvalue weighted by Crippen LogP contribution is 2.30. The monoisotopic (exact) mass is 380 g/mol. The number of amides is 1. The molecule has 142 valence electrons. The maximum atomic E-state index is 12.5. The molecule has 0 aliphatic carbocycles. The molecule has 0 radical (unpaired) electrons. The SMILES string of the molecule is O=C(O)[C@@H]1CCCN1C(=O)c1ccc(Oc2ccc(C(F)(F)F)cn2)cc1. The number of halogens is 3. The van der Waals surface area contributed by atoms with Crippen LogP contribution in [0.3, 0.4) is 0 Å². The zero-order valence-corrected chi connectivity index (χ0v) is 13.9. The lowest BCUT2D eigenvalue weighted by molar-refractivity contribution is -0.141. The fourth-order valence-electron chi connectivity index (χ4n) is 2.83. The zero-order chi connectivity index (χ0) is 19.6. The van der Waals surface area contributed by atoms with Gasteiger partial charge in [-0.3, -0.25) is 4.79 Å². The summed E-state index contributed by atoms with van der Waals surface area (Å²) in [6.07, 6.45) is -2.76. The molecule has 27 heavy (non-hydrogen) atoms. The molecule has 9 heteroatoms. The highest BCUT2D eigenvalue weighted by atomic mass is 19.4. The number of benzene rings is 1. The largest absolute Gasteiger partial charge is 0.480 e. The van der Waals surface area contributed by atoms with Gasteiger partial charge in [0.15, 0.2) is 0 Å². The number of ether oxygens (including phenoxy) is 1. The number of carbonyl (C=O) groups is 2. The molecule has 1 aromatic carbocycles. The number of hydrogen-bond donors (Lipinski definition) is 1. The predicted octanol–water partition coefficient (Wildman–Crippen LogP) is 3.58. The number of carbonyl (C=O) groups excluding carboxylic acids is 1. The summed E-state index contributed by atoms with van der Waals surface area (Å²) in [6.45, 7) is 0.378. The highest BCUT2D eigenvalue weighted by molar-refractivity contribution is 5.97. The summed E-state index contributed by atoms with van der Waals surface area (Å²) < 4.78 is 42.9. The summed E-state index contributed by atoms with van der Waals surface area (Å²) in [6, 6.07) is 7.02. The third-order valence-electron chi connectivity index (χ3n) is 4.19. The number of aliphatic carboxylic acids is 1. The van der Waals surface area contributed by atoms with Crippen molar-refractivity contribution in [1.29, 1.82) is 0 Å². The van der Waals surface area contributed by atoms with Crippen LogP contribution in [0.15, 0.2) is 42.6 Å². The summed E-state index contributed by atoms with van der Waals surface area (Å²) >= 11 is 0. The van der Waals surface area contributed by atoms with Gasteiger partial charge in [-0.15, -0.1) is 0 Å². The van der Waals surface area contributed by atoms with Crippen molar-refractivity contribution in [3.63, 3.8) is 0 Å². The number of aromatic nitrogens is 1. The molecule has 0 spiro atoms. The molecule has 2 heterocycles. The Morgan fingerprint density at radius 2 is 1.85 bits per heavy atom. The van der Waals surface area contributed by atoms with Crippen molar-refractivity contribution in [3.8, 4) is 11.6 Å². The maximum Gasteiger partial charge on any atom is 0.417 e. The number of likely N-dealkylation sites (tertiary alicyclic amines) is 1. The van der Waals surface area contributed by atoms with Gasteiger partial charge in [-0.2, -0.15) is 13.2 Å². The van der Waals surface area contributed by atoms with Crippen LogP contribution in [-0.2, 0) is 11.0 Å². The smallest absolute Gasteiger partial charge is 0.417 e. The van der Waals surface area contributed by atoms with Gasteiger partial charge in [0.25, 0.3) is 5.91 Å². The van der Waals surface area contributed by atoms with E-state index in [9.17, 15) is 22.8 Å². The van der Waals surface area contributed by atoms with Crippen LogP contribution in [0.25, 0.3) is 0 Å². The number of pyridine rings is 1. The van der Waals surface area contributed by atoms with Gasteiger partial charge in [0.2, 0.25) is 5.88 Å². The van der Waals surface area contributed by atoms with Crippen molar-refractivity contribution in [1.82, 2.24) is 9.88 Å². The Hall–Kier alpha value is -3.10. The van der Waals surface area contributed by atoms with E-state index in [-0.39, 0.29) is 17.5 Å². The van der Waals surface area contributed by atoms with Gasteiger partial charge in [0.05, 0.1) is 5.56 Å². The molecule has 6 nitrogen and oxygen atoms in total. The van der Waals surface area contributed by atoms with Crippen LogP contribution in [0.5, 0.6) is 11.6 Å². The van der Waals surface area contributed by atoms with E-state index in [1.165, 1.54) is 29.2 Å². The van der Waals surface area contributed by atoms with Crippen molar-refractivity contribution >= 4 is 11.9 Å². The van der Waals surface area contributed by atoms with Crippen LogP contribution in [0.4, 0.5) is 13.2 Å². The van der Waals surface area contributed by atoms with E-state index in [1.807, 2.05) is 0 Å². The summed E-state index contributed by atoms with van der Waals surface area (Å²) in [5.74, 6) is -1.16. The maximum absolute atomic E-state index is 12.5. The number of alkyl halides is 3. The summed E-state index contributed by atoms with van der Waals surface area (Å²) in [4.78, 5) is 28.6. The van der Waals surface area contributed by atoms with Gasteiger partial charge in [-0.25, -0.2) is 9.78 Å². The number of carboxylic acid groups (broad SMARTS) is 1. The first-order valence-electron chi connectivity index (χ1n) is 8.10. The van der Waals surface area contributed by atoms with Gasteiger partial charge in [0.1, 0.15) is 11.8 Å². The molecule has 1 aliphatic rings. The summed E-state index contributed by atoms with van der Waals surface area (Å²) in [5.41, 5.74) is -0.578. The lowest BCUT2D eigenvalue weighted by Gasteiger charge is -2.21. The Balaban J connectivity index is 1.68. The highest BCUT2D eigenvalue weighted by Gasteiger charge is 2.34. The van der Waals surface area contributed by atoms with E-state index in [1.54, 1.807) is 0 Å². The second-order valence-corrected chi connectivity index (χ2v) is 6.00. The number of carboxylic acids is 1. The molecular formula is C18H15F3N2O4. The topological polar surface area (TPSA) is 79.7 Å². The molecule has 1 saturated heterocycles. The molecule has 1 aromatic heterocycles. The number of rotatable bonds is 4. The Bertz CT molecular complexity index is 835. The van der Waals surface area contributed by atoms with Gasteiger partial charge in [0, 0.05) is 24.4 Å². The summed E-state index contributed by atoms with van der Waals surface area (Å²) in [5, 5.41) is 9.17. The van der Waals surface area contributed by atoms with E-state index in [2.05, 4.69) is 4.98 Å². The average Bonchev–Trinajstić information content (AvgIpc) is 3.11. The zero-order valence-electron chi connectivity index (χ0n) is 13.9. The fraction of sp³-hybridized carbons (Fsp3) is 0.278. The molecule has 3 rings (SSSR count). The Kier molecular flexibility index (Phi) is 5.02. The molecule has 0 saturated carbocycles. The number of hydrogen-bond acceptors (Lipinski definition) is 4. The molecular weight excluding hydrogens is 365 g/mol. The lowest BCUT2D eigenvalue weighted by Crippen LogP contribution is -2.40. The van der Waals surface area contributed by atoms with Crippen LogP contribution >= 0.6 is 0 Å². The van der Waals surface area contributed by atoms with E-state index in [0.29, 0.717) is 31.1 Å². The summed E-state index contributed by atoms with van der Waals surface area (Å²) in [7, 11) is 0. The van der Waals surface area contributed by atoms with Crippen molar-refractivity contribution in [2.45, 2.75) is 25.1 Å². The van der Waals surface area contributed by atoms with Gasteiger partial charge >= 0.3 is 12.1 Å². The molecule has 1 N–H and O–H groups in total. The molecule has 1 amide bonds. The van der Waals surface area contributed by atoms with E-state index in [4.69, 9.17) is 9.84 Å². The third-order valence-corrected chi connectivity index (χ3v) is 4.19. The number of nitrogens with zero attached hydrogens (tertiary/aromatic N) is 2. The second kappa shape index (κ2) is 7.26. The minimum Gasteiger partial charge on any atom is -0.480 e. The molecule has 0 unspecified atom stereocenters. The van der Waals surface area contributed by atoms with Crippen molar-refractivity contribution in [2.24, 2.45) is 0 Å². The normalized spacial score (nSPS) is 17.0. The molecule has 1 fully saturated rings. The van der Waals surface area contributed by atoms with Gasteiger partial charge in [-0.05, 0) is 43.2 Å². The van der Waals surface area contributed by atoms with Crippen LogP contribution in [0, 0.1) is 0 Å². The first kappa shape index (κ1) is 18.7. The van der Waals surface area contributed by atoms with Crippen LogP contribution < -0.4 is 4.74 Å². The average molecular weight is 380 g/mol. The molecule has 0 bridgehead atoms. The van der Waals surface area contributed by atoms with Crippen molar-refractivity contribution in [2.75, 3.05) is 6.54 Å². The van der Waals surface area contributed by atoms with E-state index >= 15 is 0 Å². The Morgan fingerprint density at radius 1 is 1.15 bits per heavy atom. The quantitative estimate of drug-likeness (QED) is 0.877. The Morgan fingerprint density at radius 3 is 2.41 bits per heavy atom. The van der Waals surface area contributed by atoms with Gasteiger partial charge < -0.3 is 14.7 Å². The molecule has 1 aliphatic heterocycles.